The molecule has 4 heteroatoms. The Balaban J connectivity index is 2.36. The first-order chi connectivity index (χ1) is 6.15. The molecule has 1 rings (SSSR count). The van der Waals surface area contributed by atoms with Crippen LogP contribution in [0.3, 0.4) is 0 Å². The molecule has 3 N–H and O–H groups in total. The molecular weight excluding hydrogens is 168 g/mol. The molecule has 1 aliphatic rings. The normalized spacial score (nSPS) is 21.6. The number of carbonyl (C=O) groups excluding carboxylic acids is 1. The van der Waals surface area contributed by atoms with Gasteiger partial charge in [0.15, 0.2) is 0 Å². The number of hydrogen-bond donors (Lipinski definition) is 2. The minimum absolute atomic E-state index is 0.157. The standard InChI is InChI=1S/C9H18N2O2/c1-7(12)9(13)11-4-2-8(6-10)3-5-11/h7-8,12H,2-6,10H2,1H3/t7-/m1/s1. The van der Waals surface area contributed by atoms with Crippen LogP contribution in [-0.2, 0) is 4.79 Å². The van der Waals surface area contributed by atoms with Crippen molar-refractivity contribution < 1.29 is 9.90 Å². The second-order valence-corrected chi connectivity index (χ2v) is 3.68. The molecule has 0 spiro atoms. The van der Waals surface area contributed by atoms with Gasteiger partial charge >= 0.3 is 0 Å². The van der Waals surface area contributed by atoms with Crippen molar-refractivity contribution in [3.05, 3.63) is 0 Å². The number of piperidine rings is 1. The number of aliphatic hydroxyl groups is 1. The van der Waals surface area contributed by atoms with Gasteiger partial charge in [0.1, 0.15) is 6.10 Å². The molecule has 1 fully saturated rings. The number of rotatable bonds is 2. The van der Waals surface area contributed by atoms with Crippen molar-refractivity contribution in [3.63, 3.8) is 0 Å². The molecule has 0 saturated carbocycles. The molecule has 0 unspecified atom stereocenters. The largest absolute Gasteiger partial charge is 0.384 e. The van der Waals surface area contributed by atoms with Gasteiger partial charge < -0.3 is 15.7 Å². The molecule has 0 bridgehead atoms. The van der Waals surface area contributed by atoms with E-state index in [1.54, 1.807) is 4.90 Å². The quantitative estimate of drug-likeness (QED) is 0.614. The Morgan fingerprint density at radius 2 is 2.15 bits per heavy atom. The number of likely N-dealkylation sites (tertiary alicyclic amines) is 1. The third-order valence-electron chi connectivity index (χ3n) is 2.62. The van der Waals surface area contributed by atoms with Crippen molar-refractivity contribution >= 4 is 5.91 Å². The van der Waals surface area contributed by atoms with E-state index in [1.165, 1.54) is 6.92 Å². The van der Waals surface area contributed by atoms with Crippen LogP contribution in [0.4, 0.5) is 0 Å². The maximum absolute atomic E-state index is 11.3. The molecule has 1 saturated heterocycles. The van der Waals surface area contributed by atoms with E-state index in [0.717, 1.165) is 25.9 Å². The maximum atomic E-state index is 11.3. The highest BCUT2D eigenvalue weighted by atomic mass is 16.3. The number of nitrogens with zero attached hydrogens (tertiary/aromatic N) is 1. The van der Waals surface area contributed by atoms with Crippen LogP contribution in [0.1, 0.15) is 19.8 Å². The van der Waals surface area contributed by atoms with Crippen molar-refractivity contribution in [1.82, 2.24) is 4.90 Å². The van der Waals surface area contributed by atoms with Crippen molar-refractivity contribution in [1.29, 1.82) is 0 Å². The highest BCUT2D eigenvalue weighted by Gasteiger charge is 2.23. The lowest BCUT2D eigenvalue weighted by Crippen LogP contribution is -2.43. The predicted octanol–water partition coefficient (Wildman–Crippen LogP) is -0.435. The van der Waals surface area contributed by atoms with E-state index >= 15 is 0 Å². The third-order valence-corrected chi connectivity index (χ3v) is 2.62. The van der Waals surface area contributed by atoms with Crippen molar-refractivity contribution in [2.45, 2.75) is 25.9 Å². The SMILES string of the molecule is C[C@@H](O)C(=O)N1CCC(CN)CC1. The second-order valence-electron chi connectivity index (χ2n) is 3.68. The summed E-state index contributed by atoms with van der Waals surface area (Å²) in [7, 11) is 0. The predicted molar refractivity (Wildman–Crippen MR) is 50.0 cm³/mol. The fraction of sp³-hybridized carbons (Fsp3) is 0.889. The van der Waals surface area contributed by atoms with Gasteiger partial charge in [0.2, 0.25) is 0 Å². The topological polar surface area (TPSA) is 66.6 Å². The fourth-order valence-corrected chi connectivity index (χ4v) is 1.65. The van der Waals surface area contributed by atoms with Crippen LogP contribution >= 0.6 is 0 Å². The molecule has 0 aromatic rings. The average Bonchev–Trinajstić information content (AvgIpc) is 2.17. The summed E-state index contributed by atoms with van der Waals surface area (Å²) in [5.74, 6) is 0.397. The lowest BCUT2D eigenvalue weighted by molar-refractivity contribution is -0.140. The van der Waals surface area contributed by atoms with E-state index in [4.69, 9.17) is 10.8 Å². The first-order valence-electron chi connectivity index (χ1n) is 4.82. The van der Waals surface area contributed by atoms with Gasteiger partial charge in [-0.05, 0) is 32.2 Å². The molecule has 1 amide bonds. The monoisotopic (exact) mass is 186 g/mol. The Morgan fingerprint density at radius 3 is 2.54 bits per heavy atom. The summed E-state index contributed by atoms with van der Waals surface area (Å²) in [6.45, 7) is 3.70. The Kier molecular flexibility index (Phi) is 3.69. The van der Waals surface area contributed by atoms with Crippen LogP contribution in [0.15, 0.2) is 0 Å². The molecule has 0 aliphatic carbocycles. The van der Waals surface area contributed by atoms with Gasteiger partial charge in [-0.1, -0.05) is 0 Å². The van der Waals surface area contributed by atoms with Gasteiger partial charge in [0.05, 0.1) is 0 Å². The number of carbonyl (C=O) groups is 1. The smallest absolute Gasteiger partial charge is 0.251 e. The van der Waals surface area contributed by atoms with E-state index < -0.39 is 6.10 Å². The van der Waals surface area contributed by atoms with Gasteiger partial charge in [-0.2, -0.15) is 0 Å². The summed E-state index contributed by atoms with van der Waals surface area (Å²) in [4.78, 5) is 13.1. The summed E-state index contributed by atoms with van der Waals surface area (Å²) < 4.78 is 0. The van der Waals surface area contributed by atoms with Crippen LogP contribution in [0.5, 0.6) is 0 Å². The molecule has 0 aromatic carbocycles. The molecule has 76 valence electrons. The zero-order valence-corrected chi connectivity index (χ0v) is 8.07. The lowest BCUT2D eigenvalue weighted by atomic mass is 9.97. The van der Waals surface area contributed by atoms with Crippen LogP contribution in [0.2, 0.25) is 0 Å². The van der Waals surface area contributed by atoms with Crippen molar-refractivity contribution in [2.24, 2.45) is 11.7 Å². The Labute approximate surface area is 78.7 Å². The zero-order chi connectivity index (χ0) is 9.84. The van der Waals surface area contributed by atoms with Crippen molar-refractivity contribution in [3.8, 4) is 0 Å². The number of hydrogen-bond acceptors (Lipinski definition) is 3. The second kappa shape index (κ2) is 4.58. The minimum atomic E-state index is -0.866. The average molecular weight is 186 g/mol. The van der Waals surface area contributed by atoms with Gasteiger partial charge in [0.25, 0.3) is 5.91 Å². The Bertz CT molecular complexity index is 174. The van der Waals surface area contributed by atoms with Gasteiger partial charge in [-0.25, -0.2) is 0 Å². The van der Waals surface area contributed by atoms with E-state index in [9.17, 15) is 4.79 Å². The van der Waals surface area contributed by atoms with Gasteiger partial charge in [0, 0.05) is 13.1 Å². The van der Waals surface area contributed by atoms with E-state index in [2.05, 4.69) is 0 Å². The number of amides is 1. The first kappa shape index (κ1) is 10.5. The van der Waals surface area contributed by atoms with E-state index in [1.807, 2.05) is 0 Å². The zero-order valence-electron chi connectivity index (χ0n) is 8.07. The van der Waals surface area contributed by atoms with E-state index in [0.29, 0.717) is 12.5 Å². The van der Waals surface area contributed by atoms with Gasteiger partial charge in [-0.3, -0.25) is 4.79 Å². The van der Waals surface area contributed by atoms with Crippen LogP contribution in [0, 0.1) is 5.92 Å². The lowest BCUT2D eigenvalue weighted by Gasteiger charge is -2.32. The summed E-state index contributed by atoms with van der Waals surface area (Å²) in [6.07, 6.45) is 1.07. The minimum Gasteiger partial charge on any atom is -0.384 e. The fourth-order valence-electron chi connectivity index (χ4n) is 1.65. The maximum Gasteiger partial charge on any atom is 0.251 e. The number of nitrogens with two attached hydrogens (primary N) is 1. The summed E-state index contributed by atoms with van der Waals surface area (Å²) in [5, 5.41) is 9.08. The highest BCUT2D eigenvalue weighted by molar-refractivity contribution is 5.80. The van der Waals surface area contributed by atoms with Crippen LogP contribution < -0.4 is 5.73 Å². The molecule has 1 aliphatic heterocycles. The Morgan fingerprint density at radius 1 is 1.62 bits per heavy atom. The highest BCUT2D eigenvalue weighted by Crippen LogP contribution is 2.16. The summed E-state index contributed by atoms with van der Waals surface area (Å²) in [6, 6.07) is 0. The van der Waals surface area contributed by atoms with Gasteiger partial charge in [-0.15, -0.1) is 0 Å². The summed E-state index contributed by atoms with van der Waals surface area (Å²) >= 11 is 0. The molecular formula is C9H18N2O2. The van der Waals surface area contributed by atoms with Crippen molar-refractivity contribution in [2.75, 3.05) is 19.6 Å². The van der Waals surface area contributed by atoms with E-state index in [-0.39, 0.29) is 5.91 Å². The van der Waals surface area contributed by atoms with Crippen LogP contribution in [-0.4, -0.2) is 41.7 Å². The Hall–Kier alpha value is -0.610. The molecule has 13 heavy (non-hydrogen) atoms. The number of aliphatic hydroxyl groups excluding tert-OH is 1. The van der Waals surface area contributed by atoms with Crippen LogP contribution in [0.25, 0.3) is 0 Å². The summed E-state index contributed by atoms with van der Waals surface area (Å²) in [5.41, 5.74) is 5.53. The molecule has 1 heterocycles. The molecule has 1 atom stereocenters. The first-order valence-corrected chi connectivity index (χ1v) is 4.82. The molecule has 0 aromatic heterocycles. The molecule has 4 nitrogen and oxygen atoms in total. The third kappa shape index (κ3) is 2.67. The molecule has 0 radical (unpaired) electrons.